The minimum absolute atomic E-state index is 0.210. The summed E-state index contributed by atoms with van der Waals surface area (Å²) in [5, 5.41) is 12.5. The molecule has 1 aromatic carbocycles. The summed E-state index contributed by atoms with van der Waals surface area (Å²) < 4.78 is 38.6. The van der Waals surface area contributed by atoms with Crippen molar-refractivity contribution in [2.45, 2.75) is 44.4 Å². The van der Waals surface area contributed by atoms with Crippen LogP contribution in [0.5, 0.6) is 0 Å². The Bertz CT molecular complexity index is 510. The van der Waals surface area contributed by atoms with Crippen LogP contribution in [0.2, 0.25) is 0 Å². The molecule has 2 rings (SSSR count). The maximum Gasteiger partial charge on any atom is 0.416 e. The molecule has 1 aromatic rings. The second-order valence-corrected chi connectivity index (χ2v) is 5.76. The molecule has 1 atom stereocenters. The van der Waals surface area contributed by atoms with Gasteiger partial charge in [0.1, 0.15) is 0 Å². The number of aliphatic hydroxyl groups is 1. The first-order chi connectivity index (χ1) is 10.4. The van der Waals surface area contributed by atoms with Gasteiger partial charge in [-0.3, -0.25) is 4.79 Å². The number of hydrogen-bond donors (Lipinski definition) is 2. The molecule has 122 valence electrons. The van der Waals surface area contributed by atoms with E-state index in [9.17, 15) is 23.1 Å². The number of benzene rings is 1. The van der Waals surface area contributed by atoms with Crippen molar-refractivity contribution in [3.05, 3.63) is 35.4 Å². The summed E-state index contributed by atoms with van der Waals surface area (Å²) in [5.74, 6) is 0.148. The predicted octanol–water partition coefficient (Wildman–Crippen LogP) is 3.44. The fourth-order valence-corrected chi connectivity index (χ4v) is 2.92. The van der Waals surface area contributed by atoms with E-state index in [0.29, 0.717) is 12.3 Å². The number of hydrogen-bond acceptors (Lipinski definition) is 2. The van der Waals surface area contributed by atoms with Crippen LogP contribution in [0.25, 0.3) is 0 Å². The molecular formula is C16H20F3NO2. The molecule has 6 heteroatoms. The molecule has 2 N–H and O–H groups in total. The predicted molar refractivity (Wildman–Crippen MR) is 76.0 cm³/mol. The lowest BCUT2D eigenvalue weighted by Crippen LogP contribution is -2.30. The van der Waals surface area contributed by atoms with Gasteiger partial charge in [0.2, 0.25) is 5.91 Å². The Morgan fingerprint density at radius 3 is 2.55 bits per heavy atom. The van der Waals surface area contributed by atoms with Crippen molar-refractivity contribution in [3.8, 4) is 0 Å². The fourth-order valence-electron chi connectivity index (χ4n) is 2.92. The number of aliphatic hydroxyl groups excluding tert-OH is 1. The molecule has 1 amide bonds. The number of nitrogens with one attached hydrogen (secondary N) is 1. The molecule has 0 spiro atoms. The zero-order chi connectivity index (χ0) is 16.2. The number of halogens is 3. The Kier molecular flexibility index (Phi) is 5.45. The molecule has 0 aromatic heterocycles. The Morgan fingerprint density at radius 1 is 1.27 bits per heavy atom. The minimum Gasteiger partial charge on any atom is -0.387 e. The molecule has 0 radical (unpaired) electrons. The molecule has 1 unspecified atom stereocenters. The normalized spacial score (nSPS) is 17.5. The number of carbonyl (C=O) groups excluding carboxylic acids is 1. The summed E-state index contributed by atoms with van der Waals surface area (Å²) >= 11 is 0. The van der Waals surface area contributed by atoms with Crippen LogP contribution in [0.3, 0.4) is 0 Å². The molecule has 1 aliphatic rings. The Balaban J connectivity index is 1.92. The highest BCUT2D eigenvalue weighted by Crippen LogP contribution is 2.34. The van der Waals surface area contributed by atoms with E-state index in [1.165, 1.54) is 18.2 Å². The van der Waals surface area contributed by atoms with E-state index in [2.05, 4.69) is 5.32 Å². The number of rotatable bonds is 5. The molecule has 1 aliphatic carbocycles. The minimum atomic E-state index is -4.52. The molecule has 0 aliphatic heterocycles. The van der Waals surface area contributed by atoms with Gasteiger partial charge in [-0.25, -0.2) is 0 Å². The summed E-state index contributed by atoms with van der Waals surface area (Å²) in [6, 6.07) is 4.88. The molecular weight excluding hydrogens is 295 g/mol. The first-order valence-corrected chi connectivity index (χ1v) is 7.49. The average molecular weight is 315 g/mol. The van der Waals surface area contributed by atoms with E-state index < -0.39 is 17.8 Å². The van der Waals surface area contributed by atoms with E-state index in [-0.39, 0.29) is 18.0 Å². The van der Waals surface area contributed by atoms with Gasteiger partial charge in [0, 0.05) is 13.0 Å². The first kappa shape index (κ1) is 16.8. The van der Waals surface area contributed by atoms with Crippen LogP contribution in [0.1, 0.15) is 49.3 Å². The quantitative estimate of drug-likeness (QED) is 0.874. The third-order valence-corrected chi connectivity index (χ3v) is 4.07. The average Bonchev–Trinajstić information content (AvgIpc) is 2.96. The molecule has 0 heterocycles. The van der Waals surface area contributed by atoms with Gasteiger partial charge < -0.3 is 10.4 Å². The van der Waals surface area contributed by atoms with Crippen LogP contribution >= 0.6 is 0 Å². The van der Waals surface area contributed by atoms with Crippen LogP contribution in [0, 0.1) is 5.92 Å². The monoisotopic (exact) mass is 315 g/mol. The molecule has 1 saturated carbocycles. The third-order valence-electron chi connectivity index (χ3n) is 4.07. The maximum atomic E-state index is 12.9. The van der Waals surface area contributed by atoms with Gasteiger partial charge >= 0.3 is 6.18 Å². The SMILES string of the molecule is O=C(CC1CCCC1)NCC(O)c1ccccc1C(F)(F)F. The first-order valence-electron chi connectivity index (χ1n) is 7.49. The summed E-state index contributed by atoms with van der Waals surface area (Å²) in [7, 11) is 0. The van der Waals surface area contributed by atoms with Crippen molar-refractivity contribution in [1.82, 2.24) is 5.32 Å². The Morgan fingerprint density at radius 2 is 1.91 bits per heavy atom. The van der Waals surface area contributed by atoms with Gasteiger partial charge in [-0.1, -0.05) is 31.0 Å². The van der Waals surface area contributed by atoms with E-state index in [1.54, 1.807) is 0 Å². The topological polar surface area (TPSA) is 49.3 Å². The summed E-state index contributed by atoms with van der Waals surface area (Å²) in [4.78, 5) is 11.8. The molecule has 0 saturated heterocycles. The van der Waals surface area contributed by atoms with Gasteiger partial charge in [-0.05, 0) is 30.4 Å². The van der Waals surface area contributed by atoms with E-state index in [0.717, 1.165) is 31.7 Å². The second kappa shape index (κ2) is 7.13. The summed E-state index contributed by atoms with van der Waals surface area (Å²) in [5.41, 5.74) is -1.08. The third kappa shape index (κ3) is 4.47. The standard InChI is InChI=1S/C16H20F3NO2/c17-16(18,19)13-8-4-3-7-12(13)14(21)10-20-15(22)9-11-5-1-2-6-11/h3-4,7-8,11,14,21H,1-2,5-6,9-10H2,(H,20,22). The van der Waals surface area contributed by atoms with Crippen LogP contribution in [-0.4, -0.2) is 17.6 Å². The van der Waals surface area contributed by atoms with Crippen molar-refractivity contribution in [2.75, 3.05) is 6.54 Å². The van der Waals surface area contributed by atoms with Gasteiger partial charge in [0.05, 0.1) is 11.7 Å². The zero-order valence-corrected chi connectivity index (χ0v) is 12.2. The van der Waals surface area contributed by atoms with Crippen molar-refractivity contribution >= 4 is 5.91 Å². The van der Waals surface area contributed by atoms with Crippen LogP contribution in [0.4, 0.5) is 13.2 Å². The van der Waals surface area contributed by atoms with Crippen molar-refractivity contribution in [3.63, 3.8) is 0 Å². The molecule has 3 nitrogen and oxygen atoms in total. The number of carbonyl (C=O) groups is 1. The summed E-state index contributed by atoms with van der Waals surface area (Å²) in [6.07, 6.45) is -1.22. The second-order valence-electron chi connectivity index (χ2n) is 5.76. The van der Waals surface area contributed by atoms with Gasteiger partial charge in [-0.2, -0.15) is 13.2 Å². The van der Waals surface area contributed by atoms with Crippen LogP contribution in [-0.2, 0) is 11.0 Å². The lowest BCUT2D eigenvalue weighted by Gasteiger charge is -2.18. The zero-order valence-electron chi connectivity index (χ0n) is 12.2. The molecule has 22 heavy (non-hydrogen) atoms. The highest BCUT2D eigenvalue weighted by atomic mass is 19.4. The number of alkyl halides is 3. The lowest BCUT2D eigenvalue weighted by atomic mass is 10.0. The summed E-state index contributed by atoms with van der Waals surface area (Å²) in [6.45, 7) is -0.210. The van der Waals surface area contributed by atoms with Crippen LogP contribution < -0.4 is 5.32 Å². The van der Waals surface area contributed by atoms with Crippen LogP contribution in [0.15, 0.2) is 24.3 Å². The highest BCUT2D eigenvalue weighted by Gasteiger charge is 2.34. The van der Waals surface area contributed by atoms with Gasteiger partial charge in [-0.15, -0.1) is 0 Å². The Hall–Kier alpha value is -1.56. The smallest absolute Gasteiger partial charge is 0.387 e. The fraction of sp³-hybridized carbons (Fsp3) is 0.562. The number of amides is 1. The largest absolute Gasteiger partial charge is 0.416 e. The van der Waals surface area contributed by atoms with Crippen molar-refractivity contribution in [2.24, 2.45) is 5.92 Å². The van der Waals surface area contributed by atoms with Crippen molar-refractivity contribution < 1.29 is 23.1 Å². The van der Waals surface area contributed by atoms with Gasteiger partial charge in [0.15, 0.2) is 0 Å². The molecule has 0 bridgehead atoms. The maximum absolute atomic E-state index is 12.9. The lowest BCUT2D eigenvalue weighted by molar-refractivity contribution is -0.139. The Labute approximate surface area is 127 Å². The van der Waals surface area contributed by atoms with E-state index in [4.69, 9.17) is 0 Å². The highest BCUT2D eigenvalue weighted by molar-refractivity contribution is 5.76. The van der Waals surface area contributed by atoms with E-state index in [1.807, 2.05) is 0 Å². The van der Waals surface area contributed by atoms with E-state index >= 15 is 0 Å². The molecule has 1 fully saturated rings. The van der Waals surface area contributed by atoms with Gasteiger partial charge in [0.25, 0.3) is 0 Å². The van der Waals surface area contributed by atoms with Crippen molar-refractivity contribution in [1.29, 1.82) is 0 Å².